The van der Waals surface area contributed by atoms with Gasteiger partial charge in [-0.15, -0.1) is 0 Å². The number of carbonyl (C=O) groups excluding carboxylic acids is 1. The van der Waals surface area contributed by atoms with E-state index in [-0.39, 0.29) is 16.9 Å². The summed E-state index contributed by atoms with van der Waals surface area (Å²) in [6, 6.07) is 20.9. The average molecular weight is 427 g/mol. The van der Waals surface area contributed by atoms with Crippen molar-refractivity contribution in [1.82, 2.24) is 5.32 Å². The molecule has 1 saturated heterocycles. The van der Waals surface area contributed by atoms with Crippen LogP contribution in [0, 0.1) is 17.2 Å². The molecule has 0 bridgehead atoms. The molecule has 3 aromatic carbocycles. The molecule has 1 aliphatic rings. The fourth-order valence-electron chi connectivity index (χ4n) is 5.42. The van der Waals surface area contributed by atoms with Gasteiger partial charge in [0.2, 0.25) is 0 Å². The summed E-state index contributed by atoms with van der Waals surface area (Å²) in [6.45, 7) is 8.86. The number of hydrogen-bond acceptors (Lipinski definition) is 4. The molecule has 0 spiro atoms. The van der Waals surface area contributed by atoms with Gasteiger partial charge in [-0.3, -0.25) is 4.79 Å². The van der Waals surface area contributed by atoms with E-state index in [9.17, 15) is 10.1 Å². The van der Waals surface area contributed by atoms with Gasteiger partial charge in [-0.05, 0) is 76.1 Å². The first-order valence-electron chi connectivity index (χ1n) is 11.2. The number of nitriles is 1. The van der Waals surface area contributed by atoms with Gasteiger partial charge in [0.25, 0.3) is 0 Å². The third-order valence-electron chi connectivity index (χ3n) is 6.16. The molecule has 1 aliphatic heterocycles. The number of fused-ring (bicyclic) bond motifs is 1. The van der Waals surface area contributed by atoms with E-state index < -0.39 is 0 Å². The highest BCUT2D eigenvalue weighted by atomic mass is 16.5. The summed E-state index contributed by atoms with van der Waals surface area (Å²) >= 11 is 0. The van der Waals surface area contributed by atoms with Crippen molar-refractivity contribution in [2.45, 2.75) is 58.0 Å². The van der Waals surface area contributed by atoms with Crippen molar-refractivity contribution in [3.63, 3.8) is 0 Å². The van der Waals surface area contributed by atoms with Gasteiger partial charge in [-0.2, -0.15) is 5.26 Å². The molecule has 1 heterocycles. The summed E-state index contributed by atoms with van der Waals surface area (Å²) in [7, 11) is 0. The highest BCUT2D eigenvalue weighted by Crippen LogP contribution is 2.37. The molecule has 4 heteroatoms. The molecule has 164 valence electrons. The molecule has 0 amide bonds. The molecule has 1 fully saturated rings. The van der Waals surface area contributed by atoms with Crippen LogP contribution < -0.4 is 10.1 Å². The van der Waals surface area contributed by atoms with E-state index in [4.69, 9.17) is 4.74 Å². The zero-order valence-corrected chi connectivity index (χ0v) is 19.2. The van der Waals surface area contributed by atoms with E-state index in [2.05, 4.69) is 39.1 Å². The largest absolute Gasteiger partial charge is 0.455 e. The average Bonchev–Trinajstić information content (AvgIpc) is 2.72. The van der Waals surface area contributed by atoms with E-state index >= 15 is 0 Å². The summed E-state index contributed by atoms with van der Waals surface area (Å²) in [5.41, 5.74) is 1.24. The van der Waals surface area contributed by atoms with Crippen molar-refractivity contribution in [2.24, 2.45) is 5.92 Å². The highest BCUT2D eigenvalue weighted by Gasteiger charge is 2.38. The van der Waals surface area contributed by atoms with E-state index in [1.165, 1.54) is 0 Å². The van der Waals surface area contributed by atoms with Crippen LogP contribution in [0.2, 0.25) is 0 Å². The topological polar surface area (TPSA) is 62.1 Å². The Labute approximate surface area is 190 Å². The maximum Gasteiger partial charge on any atom is 0.163 e. The van der Waals surface area contributed by atoms with Crippen molar-refractivity contribution >= 4 is 16.6 Å². The Morgan fingerprint density at radius 1 is 0.938 bits per heavy atom. The van der Waals surface area contributed by atoms with Gasteiger partial charge in [0, 0.05) is 28.4 Å². The Morgan fingerprint density at radius 3 is 2.25 bits per heavy atom. The minimum Gasteiger partial charge on any atom is -0.455 e. The van der Waals surface area contributed by atoms with Gasteiger partial charge in [-0.1, -0.05) is 36.4 Å². The van der Waals surface area contributed by atoms with E-state index in [1.807, 2.05) is 48.5 Å². The number of ether oxygens (including phenoxy) is 1. The van der Waals surface area contributed by atoms with Gasteiger partial charge < -0.3 is 10.1 Å². The number of carbonyl (C=O) groups is 1. The molecular weight excluding hydrogens is 396 g/mol. The fourth-order valence-corrected chi connectivity index (χ4v) is 5.42. The predicted molar refractivity (Wildman–Crippen MR) is 128 cm³/mol. The number of rotatable bonds is 5. The van der Waals surface area contributed by atoms with E-state index in [0.717, 1.165) is 29.2 Å². The molecule has 0 radical (unpaired) electrons. The van der Waals surface area contributed by atoms with Crippen molar-refractivity contribution in [2.75, 3.05) is 0 Å². The Kier molecular flexibility index (Phi) is 5.79. The van der Waals surface area contributed by atoms with E-state index in [0.29, 0.717) is 29.4 Å². The Morgan fingerprint density at radius 2 is 1.56 bits per heavy atom. The normalized spacial score (nSPS) is 17.6. The van der Waals surface area contributed by atoms with Gasteiger partial charge in [0.05, 0.1) is 5.56 Å². The van der Waals surface area contributed by atoms with Crippen LogP contribution in [0.4, 0.5) is 0 Å². The highest BCUT2D eigenvalue weighted by molar-refractivity contribution is 6.09. The molecule has 4 nitrogen and oxygen atoms in total. The van der Waals surface area contributed by atoms with Crippen LogP contribution in [0.15, 0.2) is 60.7 Å². The van der Waals surface area contributed by atoms with Crippen LogP contribution in [0.25, 0.3) is 10.8 Å². The number of Topliss-reactive ketones (excluding diaryl/α,β-unsaturated/α-hetero) is 1. The van der Waals surface area contributed by atoms with Gasteiger partial charge >= 0.3 is 0 Å². The molecule has 4 rings (SSSR count). The third-order valence-corrected chi connectivity index (χ3v) is 6.16. The van der Waals surface area contributed by atoms with Crippen molar-refractivity contribution in [3.8, 4) is 17.6 Å². The minimum atomic E-state index is 0.0145. The first-order valence-corrected chi connectivity index (χ1v) is 11.2. The lowest BCUT2D eigenvalue weighted by Gasteiger charge is -2.46. The summed E-state index contributed by atoms with van der Waals surface area (Å²) in [6.07, 6.45) is 2.49. The molecule has 0 aliphatic carbocycles. The second-order valence-corrected chi connectivity index (χ2v) is 10.2. The van der Waals surface area contributed by atoms with Crippen LogP contribution in [-0.4, -0.2) is 16.9 Å². The molecule has 1 N–H and O–H groups in total. The van der Waals surface area contributed by atoms with Crippen molar-refractivity contribution < 1.29 is 9.53 Å². The Hall–Kier alpha value is -3.16. The summed E-state index contributed by atoms with van der Waals surface area (Å²) in [4.78, 5) is 13.4. The maximum absolute atomic E-state index is 13.4. The first-order chi connectivity index (χ1) is 15.2. The van der Waals surface area contributed by atoms with Crippen molar-refractivity contribution in [1.29, 1.82) is 5.26 Å². The van der Waals surface area contributed by atoms with Gasteiger partial charge in [0.1, 0.15) is 17.6 Å². The number of ketones is 1. The van der Waals surface area contributed by atoms with Gasteiger partial charge in [-0.25, -0.2) is 0 Å². The maximum atomic E-state index is 13.4. The van der Waals surface area contributed by atoms with E-state index in [1.54, 1.807) is 12.1 Å². The molecule has 0 unspecified atom stereocenters. The van der Waals surface area contributed by atoms with Crippen LogP contribution in [0.3, 0.4) is 0 Å². The smallest absolute Gasteiger partial charge is 0.163 e. The second kappa shape index (κ2) is 8.41. The summed E-state index contributed by atoms with van der Waals surface area (Å²) in [5, 5.41) is 14.8. The monoisotopic (exact) mass is 426 g/mol. The summed E-state index contributed by atoms with van der Waals surface area (Å²) < 4.78 is 6.11. The summed E-state index contributed by atoms with van der Waals surface area (Å²) in [5.74, 6) is 1.66. The number of nitrogens with zero attached hydrogens (tertiary/aromatic N) is 1. The molecule has 32 heavy (non-hydrogen) atoms. The van der Waals surface area contributed by atoms with Crippen LogP contribution in [0.1, 0.15) is 62.9 Å². The van der Waals surface area contributed by atoms with Crippen LogP contribution >= 0.6 is 0 Å². The SMILES string of the molecule is CC1(C)CC(CC(=O)c2ccc(Oc3ccccc3C#N)c3ccccc23)CC(C)(C)N1. The number of hydrogen-bond donors (Lipinski definition) is 1. The second-order valence-electron chi connectivity index (χ2n) is 10.2. The molecule has 0 saturated carbocycles. The van der Waals surface area contributed by atoms with Crippen LogP contribution in [0.5, 0.6) is 11.5 Å². The number of para-hydroxylation sites is 1. The molecule has 0 aromatic heterocycles. The minimum absolute atomic E-state index is 0.0145. The Bertz CT molecular complexity index is 1190. The third kappa shape index (κ3) is 4.69. The van der Waals surface area contributed by atoms with Gasteiger partial charge in [0.15, 0.2) is 5.78 Å². The zero-order chi connectivity index (χ0) is 22.9. The first kappa shape index (κ1) is 22.0. The lowest BCUT2D eigenvalue weighted by atomic mass is 9.73. The van der Waals surface area contributed by atoms with Crippen molar-refractivity contribution in [3.05, 3.63) is 71.8 Å². The zero-order valence-electron chi connectivity index (χ0n) is 19.2. The van der Waals surface area contributed by atoms with Crippen LogP contribution in [-0.2, 0) is 0 Å². The number of piperidine rings is 1. The lowest BCUT2D eigenvalue weighted by Crippen LogP contribution is -2.57. The molecular formula is C28H30N2O2. The fraction of sp³-hybridized carbons (Fsp3) is 0.357. The quantitative estimate of drug-likeness (QED) is 0.465. The Balaban J connectivity index is 1.64. The lowest BCUT2D eigenvalue weighted by molar-refractivity contribution is 0.0866. The number of nitrogens with one attached hydrogen (secondary N) is 1. The molecule has 3 aromatic rings. The predicted octanol–water partition coefficient (Wildman–Crippen LogP) is 6.63. The molecule has 0 atom stereocenters. The number of benzene rings is 3. The standard InChI is InChI=1S/C28H30N2O2/c1-27(2)16-19(17-28(3,4)30-27)15-24(31)22-13-14-26(23-11-7-6-10-21(22)23)32-25-12-8-5-9-20(25)18-29/h5-14,19,30H,15-17H2,1-4H3.